The highest BCUT2D eigenvalue weighted by Gasteiger charge is 2.11. The van der Waals surface area contributed by atoms with Gasteiger partial charge in [-0.15, -0.1) is 0 Å². The summed E-state index contributed by atoms with van der Waals surface area (Å²) in [6.07, 6.45) is 1.73. The van der Waals surface area contributed by atoms with Gasteiger partial charge in [-0.1, -0.05) is 41.9 Å². The maximum absolute atomic E-state index is 11.8. The second-order valence-corrected chi connectivity index (χ2v) is 5.67. The summed E-state index contributed by atoms with van der Waals surface area (Å²) in [6.45, 7) is 0.369. The maximum Gasteiger partial charge on any atom is 0.257 e. The van der Waals surface area contributed by atoms with E-state index < -0.39 is 5.91 Å². The Labute approximate surface area is 145 Å². The van der Waals surface area contributed by atoms with Gasteiger partial charge in [-0.3, -0.25) is 9.59 Å². The summed E-state index contributed by atoms with van der Waals surface area (Å²) >= 11 is 5.82. The summed E-state index contributed by atoms with van der Waals surface area (Å²) in [6, 6.07) is 14.6. The van der Waals surface area contributed by atoms with Crippen LogP contribution in [-0.2, 0) is 11.2 Å². The number of hydrogen-bond acceptors (Lipinski definition) is 3. The van der Waals surface area contributed by atoms with Crippen LogP contribution in [0.2, 0.25) is 5.02 Å². The van der Waals surface area contributed by atoms with Crippen LogP contribution in [0.3, 0.4) is 0 Å². The molecule has 0 aliphatic rings. The number of halogens is 1. The topological polar surface area (TPSA) is 81.4 Å². The number of ether oxygens (including phenoxy) is 1. The van der Waals surface area contributed by atoms with E-state index in [4.69, 9.17) is 22.1 Å². The number of nitrogens with one attached hydrogen (secondary N) is 1. The van der Waals surface area contributed by atoms with E-state index in [0.717, 1.165) is 12.8 Å². The van der Waals surface area contributed by atoms with Crippen LogP contribution >= 0.6 is 11.6 Å². The Balaban J connectivity index is 1.74. The number of amides is 2. The van der Waals surface area contributed by atoms with E-state index in [2.05, 4.69) is 17.4 Å². The van der Waals surface area contributed by atoms with Gasteiger partial charge in [0.15, 0.2) is 6.61 Å². The van der Waals surface area contributed by atoms with Crippen molar-refractivity contribution in [3.8, 4) is 5.75 Å². The van der Waals surface area contributed by atoms with Crippen LogP contribution in [-0.4, -0.2) is 25.0 Å². The second kappa shape index (κ2) is 8.93. The molecule has 0 aliphatic heterocycles. The minimum atomic E-state index is -0.657. The van der Waals surface area contributed by atoms with E-state index in [9.17, 15) is 9.59 Å². The fourth-order valence-corrected chi connectivity index (χ4v) is 2.35. The molecule has 0 aromatic heterocycles. The molecule has 0 spiro atoms. The first-order valence-electron chi connectivity index (χ1n) is 7.59. The minimum absolute atomic E-state index is 0.152. The Hall–Kier alpha value is -2.53. The number of hydrogen-bond donors (Lipinski definition) is 2. The number of aryl methyl sites for hydroxylation is 1. The van der Waals surface area contributed by atoms with Crippen LogP contribution in [0.4, 0.5) is 0 Å². The summed E-state index contributed by atoms with van der Waals surface area (Å²) in [5, 5.41) is 3.15. The fourth-order valence-electron chi connectivity index (χ4n) is 2.18. The van der Waals surface area contributed by atoms with E-state index >= 15 is 0 Å². The van der Waals surface area contributed by atoms with Gasteiger partial charge in [-0.2, -0.15) is 0 Å². The third kappa shape index (κ3) is 5.59. The van der Waals surface area contributed by atoms with Crippen molar-refractivity contribution in [3.05, 3.63) is 64.7 Å². The molecule has 0 saturated heterocycles. The number of benzene rings is 2. The Morgan fingerprint density at radius 1 is 1.12 bits per heavy atom. The first kappa shape index (κ1) is 17.8. The van der Waals surface area contributed by atoms with Gasteiger partial charge in [0.2, 0.25) is 0 Å². The molecule has 2 aromatic carbocycles. The Kier molecular flexibility index (Phi) is 6.63. The standard InChI is InChI=1S/C18H19ClN2O3/c19-14-8-9-16(15(11-14)18(20)23)24-12-17(22)21-10-4-7-13-5-2-1-3-6-13/h1-3,5-6,8-9,11H,4,7,10,12H2,(H2,20,23)(H,21,22). The normalized spacial score (nSPS) is 10.2. The van der Waals surface area contributed by atoms with Gasteiger partial charge < -0.3 is 15.8 Å². The van der Waals surface area contributed by atoms with Gasteiger partial charge in [0.25, 0.3) is 11.8 Å². The molecule has 24 heavy (non-hydrogen) atoms. The highest BCUT2D eigenvalue weighted by molar-refractivity contribution is 6.31. The molecule has 0 atom stereocenters. The Morgan fingerprint density at radius 2 is 1.88 bits per heavy atom. The predicted octanol–water partition coefficient (Wildman–Crippen LogP) is 2.57. The van der Waals surface area contributed by atoms with Crippen LogP contribution < -0.4 is 15.8 Å². The highest BCUT2D eigenvalue weighted by Crippen LogP contribution is 2.22. The van der Waals surface area contributed by atoms with Crippen molar-refractivity contribution in [3.63, 3.8) is 0 Å². The lowest BCUT2D eigenvalue weighted by Crippen LogP contribution is -2.30. The molecular formula is C18H19ClN2O3. The molecule has 2 rings (SSSR count). The summed E-state index contributed by atoms with van der Waals surface area (Å²) in [7, 11) is 0. The van der Waals surface area contributed by atoms with Crippen molar-refractivity contribution in [2.75, 3.05) is 13.2 Å². The first-order valence-corrected chi connectivity index (χ1v) is 7.97. The van der Waals surface area contributed by atoms with Crippen molar-refractivity contribution in [1.29, 1.82) is 0 Å². The highest BCUT2D eigenvalue weighted by atomic mass is 35.5. The molecule has 5 nitrogen and oxygen atoms in total. The smallest absolute Gasteiger partial charge is 0.257 e. The second-order valence-electron chi connectivity index (χ2n) is 5.23. The SMILES string of the molecule is NC(=O)c1cc(Cl)ccc1OCC(=O)NCCCc1ccccc1. The van der Waals surface area contributed by atoms with Crippen molar-refractivity contribution in [2.24, 2.45) is 5.73 Å². The lowest BCUT2D eigenvalue weighted by atomic mass is 10.1. The molecule has 0 heterocycles. The predicted molar refractivity (Wildman–Crippen MR) is 93.2 cm³/mol. The van der Waals surface area contributed by atoms with E-state index in [0.29, 0.717) is 11.6 Å². The van der Waals surface area contributed by atoms with E-state index in [1.54, 1.807) is 6.07 Å². The molecule has 6 heteroatoms. The number of carbonyl (C=O) groups is 2. The lowest BCUT2D eigenvalue weighted by Gasteiger charge is -2.10. The molecule has 0 saturated carbocycles. The van der Waals surface area contributed by atoms with Crippen LogP contribution in [0.15, 0.2) is 48.5 Å². The van der Waals surface area contributed by atoms with Crippen LogP contribution in [0.1, 0.15) is 22.3 Å². The summed E-state index contributed by atoms with van der Waals surface area (Å²) in [5.41, 5.74) is 6.65. The zero-order chi connectivity index (χ0) is 17.4. The molecule has 0 unspecified atom stereocenters. The molecular weight excluding hydrogens is 328 g/mol. The largest absolute Gasteiger partial charge is 0.483 e. The summed E-state index contributed by atoms with van der Waals surface area (Å²) in [5.74, 6) is -0.671. The minimum Gasteiger partial charge on any atom is -0.483 e. The number of nitrogens with two attached hydrogens (primary N) is 1. The van der Waals surface area contributed by atoms with Gasteiger partial charge in [-0.05, 0) is 36.6 Å². The molecule has 126 valence electrons. The molecule has 2 aromatic rings. The van der Waals surface area contributed by atoms with E-state index in [1.807, 2.05) is 18.2 Å². The molecule has 3 N–H and O–H groups in total. The van der Waals surface area contributed by atoms with Crippen LogP contribution in [0.5, 0.6) is 5.75 Å². The average molecular weight is 347 g/mol. The average Bonchev–Trinajstić information content (AvgIpc) is 2.58. The van der Waals surface area contributed by atoms with Gasteiger partial charge in [-0.25, -0.2) is 0 Å². The molecule has 0 fully saturated rings. The molecule has 2 amide bonds. The maximum atomic E-state index is 11.8. The number of primary amides is 1. The Bertz CT molecular complexity index is 705. The van der Waals surface area contributed by atoms with Crippen molar-refractivity contribution in [2.45, 2.75) is 12.8 Å². The number of carbonyl (C=O) groups excluding carboxylic acids is 2. The third-order valence-corrected chi connectivity index (χ3v) is 3.61. The Morgan fingerprint density at radius 3 is 2.58 bits per heavy atom. The fraction of sp³-hybridized carbons (Fsp3) is 0.222. The first-order chi connectivity index (χ1) is 11.6. The van der Waals surface area contributed by atoms with Gasteiger partial charge in [0.05, 0.1) is 5.56 Å². The zero-order valence-corrected chi connectivity index (χ0v) is 13.9. The molecule has 0 bridgehead atoms. The zero-order valence-electron chi connectivity index (χ0n) is 13.1. The van der Waals surface area contributed by atoms with Crippen LogP contribution in [0.25, 0.3) is 0 Å². The van der Waals surface area contributed by atoms with Crippen molar-refractivity contribution in [1.82, 2.24) is 5.32 Å². The quantitative estimate of drug-likeness (QED) is 0.721. The van der Waals surface area contributed by atoms with Gasteiger partial charge >= 0.3 is 0 Å². The summed E-state index contributed by atoms with van der Waals surface area (Å²) < 4.78 is 5.36. The van der Waals surface area contributed by atoms with Gasteiger partial charge in [0.1, 0.15) is 5.75 Å². The van der Waals surface area contributed by atoms with Gasteiger partial charge in [0, 0.05) is 11.6 Å². The van der Waals surface area contributed by atoms with E-state index in [-0.39, 0.29) is 23.8 Å². The van der Waals surface area contributed by atoms with E-state index in [1.165, 1.54) is 17.7 Å². The monoisotopic (exact) mass is 346 g/mol. The third-order valence-electron chi connectivity index (χ3n) is 3.37. The molecule has 0 radical (unpaired) electrons. The molecule has 0 aliphatic carbocycles. The summed E-state index contributed by atoms with van der Waals surface area (Å²) in [4.78, 5) is 23.1. The number of rotatable bonds is 8. The van der Waals surface area contributed by atoms with Crippen LogP contribution in [0, 0.1) is 0 Å². The van der Waals surface area contributed by atoms with Crippen molar-refractivity contribution >= 4 is 23.4 Å². The lowest BCUT2D eigenvalue weighted by molar-refractivity contribution is -0.123. The van der Waals surface area contributed by atoms with Crippen molar-refractivity contribution < 1.29 is 14.3 Å².